The van der Waals surface area contributed by atoms with Crippen molar-refractivity contribution in [2.45, 2.75) is 33.0 Å². The smallest absolute Gasteiger partial charge is 0.231 e. The van der Waals surface area contributed by atoms with E-state index in [1.54, 1.807) is 17.6 Å². The van der Waals surface area contributed by atoms with Crippen LogP contribution in [-0.4, -0.2) is 15.8 Å². The van der Waals surface area contributed by atoms with E-state index in [1.807, 2.05) is 48.7 Å². The Bertz CT molecular complexity index is 1020. The van der Waals surface area contributed by atoms with Crippen molar-refractivity contribution in [3.63, 3.8) is 0 Å². The number of benzene rings is 1. The maximum absolute atomic E-state index is 12.4. The van der Waals surface area contributed by atoms with Gasteiger partial charge in [-0.3, -0.25) is 9.69 Å². The first-order chi connectivity index (χ1) is 14.6. The molecule has 3 heterocycles. The molecule has 0 atom stereocenters. The van der Waals surface area contributed by atoms with Gasteiger partial charge in [0.25, 0.3) is 0 Å². The molecule has 3 aromatic heterocycles. The molecule has 0 aliphatic heterocycles. The van der Waals surface area contributed by atoms with Crippen LogP contribution in [0.3, 0.4) is 0 Å². The number of hydrogen-bond acceptors (Lipinski definition) is 6. The Balaban J connectivity index is 1.37. The molecule has 1 aromatic carbocycles. The summed E-state index contributed by atoms with van der Waals surface area (Å²) in [7, 11) is 0. The van der Waals surface area contributed by atoms with Crippen LogP contribution < -0.4 is 5.32 Å². The third kappa shape index (κ3) is 5.89. The van der Waals surface area contributed by atoms with Crippen LogP contribution in [-0.2, 0) is 30.8 Å². The fourth-order valence-electron chi connectivity index (χ4n) is 3.12. The number of anilines is 1. The lowest BCUT2D eigenvalue weighted by atomic mass is 10.2. The molecule has 0 unspecified atom stereocenters. The lowest BCUT2D eigenvalue weighted by Crippen LogP contribution is -2.22. The summed E-state index contributed by atoms with van der Waals surface area (Å²) in [5.41, 5.74) is 2.95. The van der Waals surface area contributed by atoms with Gasteiger partial charge in [0.1, 0.15) is 10.8 Å². The average molecular weight is 438 g/mol. The molecule has 0 saturated heterocycles. The summed E-state index contributed by atoms with van der Waals surface area (Å²) in [6.07, 6.45) is 1.98. The van der Waals surface area contributed by atoms with Crippen LogP contribution in [0.25, 0.3) is 0 Å². The molecule has 0 aliphatic carbocycles. The number of amides is 1. The Labute approximate surface area is 184 Å². The van der Waals surface area contributed by atoms with Gasteiger partial charge in [0.05, 0.1) is 24.9 Å². The number of hydrogen-bond donors (Lipinski definition) is 1. The summed E-state index contributed by atoms with van der Waals surface area (Å²) in [6, 6.07) is 15.9. The molecule has 4 aromatic rings. The van der Waals surface area contributed by atoms with Gasteiger partial charge in [-0.2, -0.15) is 0 Å². The number of nitrogens with one attached hydrogen (secondary N) is 1. The minimum absolute atomic E-state index is 0.0502. The van der Waals surface area contributed by atoms with E-state index < -0.39 is 0 Å². The minimum Gasteiger partial charge on any atom is -0.468 e. The van der Waals surface area contributed by atoms with E-state index in [4.69, 9.17) is 9.40 Å². The van der Waals surface area contributed by atoms with Crippen molar-refractivity contribution in [3.05, 3.63) is 92.5 Å². The van der Waals surface area contributed by atoms with Crippen LogP contribution in [0.1, 0.15) is 26.9 Å². The second-order valence-corrected chi connectivity index (χ2v) is 9.10. The van der Waals surface area contributed by atoms with Crippen molar-refractivity contribution >= 4 is 34.3 Å². The average Bonchev–Trinajstić information content (AvgIpc) is 3.48. The highest BCUT2D eigenvalue weighted by molar-refractivity contribution is 7.10. The van der Waals surface area contributed by atoms with Crippen molar-refractivity contribution in [2.24, 2.45) is 0 Å². The number of thiazole rings is 1. The molecule has 7 heteroatoms. The largest absolute Gasteiger partial charge is 0.468 e. The van der Waals surface area contributed by atoms with Gasteiger partial charge < -0.3 is 9.73 Å². The van der Waals surface area contributed by atoms with Gasteiger partial charge in [-0.1, -0.05) is 23.8 Å². The molecule has 5 nitrogen and oxygen atoms in total. The highest BCUT2D eigenvalue weighted by Gasteiger charge is 2.14. The standard InChI is InChI=1S/C23H23N3O2S2/c1-17-6-8-18(9-7-17)24-22(27)12-23-25-19(16-30-23)13-26(14-20-4-2-10-28-20)15-21-5-3-11-29-21/h2-11,16H,12-15H2,1H3,(H,24,27). The monoisotopic (exact) mass is 437 g/mol. The molecule has 4 rings (SSSR count). The molecule has 0 aliphatic rings. The van der Waals surface area contributed by atoms with Gasteiger partial charge in [-0.25, -0.2) is 4.98 Å². The molecule has 0 spiro atoms. The van der Waals surface area contributed by atoms with Crippen LogP contribution in [0.5, 0.6) is 0 Å². The van der Waals surface area contributed by atoms with Gasteiger partial charge in [0.2, 0.25) is 5.91 Å². The zero-order chi connectivity index (χ0) is 20.8. The molecule has 0 saturated carbocycles. The minimum atomic E-state index is -0.0502. The molecule has 0 fully saturated rings. The number of carbonyl (C=O) groups is 1. The molecule has 30 heavy (non-hydrogen) atoms. The summed E-state index contributed by atoms with van der Waals surface area (Å²) < 4.78 is 5.53. The van der Waals surface area contributed by atoms with Crippen molar-refractivity contribution in [3.8, 4) is 0 Å². The molecule has 0 bridgehead atoms. The van der Waals surface area contributed by atoms with E-state index in [0.717, 1.165) is 28.7 Å². The zero-order valence-corrected chi connectivity index (χ0v) is 18.3. The third-order valence-electron chi connectivity index (χ3n) is 4.55. The number of carbonyl (C=O) groups excluding carboxylic acids is 1. The fraction of sp³-hybridized carbons (Fsp3) is 0.217. The molecule has 1 amide bonds. The predicted molar refractivity (Wildman–Crippen MR) is 122 cm³/mol. The topological polar surface area (TPSA) is 58.4 Å². The van der Waals surface area contributed by atoms with Crippen LogP contribution in [0.15, 0.2) is 70.0 Å². The molecular weight excluding hydrogens is 414 g/mol. The second-order valence-electron chi connectivity index (χ2n) is 7.13. The highest BCUT2D eigenvalue weighted by Crippen LogP contribution is 2.19. The molecule has 1 N–H and O–H groups in total. The first-order valence-corrected chi connectivity index (χ1v) is 11.5. The maximum Gasteiger partial charge on any atom is 0.231 e. The van der Waals surface area contributed by atoms with Crippen molar-refractivity contribution < 1.29 is 9.21 Å². The van der Waals surface area contributed by atoms with Gasteiger partial charge in [-0.15, -0.1) is 22.7 Å². The van der Waals surface area contributed by atoms with E-state index in [0.29, 0.717) is 13.1 Å². The molecule has 0 radical (unpaired) electrons. The van der Waals surface area contributed by atoms with Crippen LogP contribution in [0.4, 0.5) is 5.69 Å². The normalized spacial score (nSPS) is 11.1. The fourth-order valence-corrected chi connectivity index (χ4v) is 4.65. The highest BCUT2D eigenvalue weighted by atomic mass is 32.1. The Morgan fingerprint density at radius 3 is 2.67 bits per heavy atom. The summed E-state index contributed by atoms with van der Waals surface area (Å²) in [5.74, 6) is 0.880. The summed E-state index contributed by atoms with van der Waals surface area (Å²) in [4.78, 5) is 20.7. The van der Waals surface area contributed by atoms with Crippen LogP contribution in [0.2, 0.25) is 0 Å². The van der Waals surface area contributed by atoms with Gasteiger partial charge in [-0.05, 0) is 42.6 Å². The van der Waals surface area contributed by atoms with Gasteiger partial charge >= 0.3 is 0 Å². The third-order valence-corrected chi connectivity index (χ3v) is 6.31. The predicted octanol–water partition coefficient (Wildman–Crippen LogP) is 5.49. The number of rotatable bonds is 9. The van der Waals surface area contributed by atoms with Crippen molar-refractivity contribution in [1.29, 1.82) is 0 Å². The zero-order valence-electron chi connectivity index (χ0n) is 16.7. The Hall–Kier alpha value is -2.74. The quantitative estimate of drug-likeness (QED) is 0.376. The van der Waals surface area contributed by atoms with Crippen LogP contribution >= 0.6 is 22.7 Å². The van der Waals surface area contributed by atoms with Gasteiger partial charge in [0.15, 0.2) is 0 Å². The van der Waals surface area contributed by atoms with E-state index >= 15 is 0 Å². The van der Waals surface area contributed by atoms with Gasteiger partial charge in [0, 0.05) is 29.0 Å². The van der Waals surface area contributed by atoms with Crippen molar-refractivity contribution in [1.82, 2.24) is 9.88 Å². The maximum atomic E-state index is 12.4. The van der Waals surface area contributed by atoms with E-state index in [-0.39, 0.29) is 12.3 Å². The SMILES string of the molecule is Cc1ccc(NC(=O)Cc2nc(CN(Cc3ccco3)Cc3cccs3)cs2)cc1. The lowest BCUT2D eigenvalue weighted by molar-refractivity contribution is -0.115. The van der Waals surface area contributed by atoms with Crippen LogP contribution in [0, 0.1) is 6.92 Å². The molecule has 154 valence electrons. The summed E-state index contributed by atoms with van der Waals surface area (Å²) in [6.45, 7) is 4.27. The number of aromatic nitrogens is 1. The number of aryl methyl sites for hydroxylation is 1. The number of thiophene rings is 1. The Morgan fingerprint density at radius 2 is 1.93 bits per heavy atom. The Morgan fingerprint density at radius 1 is 1.07 bits per heavy atom. The first kappa shape index (κ1) is 20.5. The summed E-state index contributed by atoms with van der Waals surface area (Å²) in [5, 5.41) is 7.89. The first-order valence-electron chi connectivity index (χ1n) is 9.71. The van der Waals surface area contributed by atoms with E-state index in [2.05, 4.69) is 27.7 Å². The Kier molecular flexibility index (Phi) is 6.74. The number of furan rings is 1. The summed E-state index contributed by atoms with van der Waals surface area (Å²) >= 11 is 3.28. The number of nitrogens with zero attached hydrogens (tertiary/aromatic N) is 2. The second kappa shape index (κ2) is 9.84. The molecular formula is C23H23N3O2S2. The van der Waals surface area contributed by atoms with E-state index in [9.17, 15) is 4.79 Å². The lowest BCUT2D eigenvalue weighted by Gasteiger charge is -2.19. The van der Waals surface area contributed by atoms with Crippen molar-refractivity contribution in [2.75, 3.05) is 5.32 Å². The van der Waals surface area contributed by atoms with E-state index in [1.165, 1.54) is 21.8 Å².